The highest BCUT2D eigenvalue weighted by Crippen LogP contribution is 2.27. The van der Waals surface area contributed by atoms with E-state index in [9.17, 15) is 4.21 Å². The second-order valence-electron chi connectivity index (χ2n) is 5.78. The zero-order valence-corrected chi connectivity index (χ0v) is 17.5. The average Bonchev–Trinajstić information content (AvgIpc) is 3.04. The van der Waals surface area contributed by atoms with Crippen molar-refractivity contribution in [1.29, 1.82) is 0 Å². The molecule has 2 aromatic rings. The van der Waals surface area contributed by atoms with Crippen molar-refractivity contribution in [2.45, 2.75) is 12.2 Å². The van der Waals surface area contributed by atoms with Gasteiger partial charge in [-0.3, -0.25) is 9.20 Å². The maximum Gasteiger partial charge on any atom is 0.198 e. The summed E-state index contributed by atoms with van der Waals surface area (Å²) in [5.74, 6) is 2.08. The second-order valence-corrected chi connectivity index (χ2v) is 7.35. The van der Waals surface area contributed by atoms with Crippen LogP contribution in [0.4, 0.5) is 5.69 Å². The molecule has 3 rings (SSSR count). The summed E-state index contributed by atoms with van der Waals surface area (Å²) < 4.78 is 12.2. The van der Waals surface area contributed by atoms with Crippen molar-refractivity contribution >= 4 is 46.4 Å². The molecule has 2 aromatic carbocycles. The van der Waals surface area contributed by atoms with Crippen LogP contribution < -0.4 is 10.2 Å². The molecule has 1 unspecified atom stereocenters. The van der Waals surface area contributed by atoms with Gasteiger partial charge in [0, 0.05) is 48.1 Å². The number of nitrogens with zero attached hydrogens (tertiary/aromatic N) is 2. The molecule has 1 aliphatic heterocycles. The van der Waals surface area contributed by atoms with E-state index in [4.69, 9.17) is 0 Å². The molecule has 0 fully saturated rings. The van der Waals surface area contributed by atoms with Gasteiger partial charge in [-0.2, -0.15) is 0 Å². The fourth-order valence-electron chi connectivity index (χ4n) is 2.96. The fraction of sp³-hybridized carbons (Fsp3) is 0.316. The number of aliphatic imine (C=N–C) groups is 1. The molecule has 0 bridgehead atoms. The van der Waals surface area contributed by atoms with Gasteiger partial charge in [-0.05, 0) is 23.6 Å². The van der Waals surface area contributed by atoms with Crippen molar-refractivity contribution in [3.8, 4) is 0 Å². The minimum atomic E-state index is -0.872. The predicted molar refractivity (Wildman–Crippen MR) is 117 cm³/mol. The molecule has 1 N–H and O–H groups in total. The fourth-order valence-corrected chi connectivity index (χ4v) is 4.00. The summed E-state index contributed by atoms with van der Waals surface area (Å²) in [5, 5.41) is 3.35. The van der Waals surface area contributed by atoms with E-state index < -0.39 is 10.8 Å². The number of halogens is 1. The Hall–Kier alpha value is -1.41. The third-order valence-electron chi connectivity index (χ3n) is 4.14. The highest BCUT2D eigenvalue weighted by Gasteiger charge is 2.22. The van der Waals surface area contributed by atoms with Crippen molar-refractivity contribution in [2.75, 3.05) is 30.8 Å². The van der Waals surface area contributed by atoms with Gasteiger partial charge in [-0.1, -0.05) is 48.5 Å². The van der Waals surface area contributed by atoms with Gasteiger partial charge in [0.1, 0.15) is 0 Å². The van der Waals surface area contributed by atoms with E-state index in [0.717, 1.165) is 24.5 Å². The number of benzene rings is 2. The van der Waals surface area contributed by atoms with Crippen LogP contribution in [0.1, 0.15) is 11.1 Å². The van der Waals surface area contributed by atoms with Gasteiger partial charge in [0.15, 0.2) is 5.96 Å². The van der Waals surface area contributed by atoms with E-state index in [1.165, 1.54) is 11.3 Å². The van der Waals surface area contributed by atoms with E-state index in [2.05, 4.69) is 39.5 Å². The smallest absolute Gasteiger partial charge is 0.198 e. The number of rotatable bonds is 5. The summed E-state index contributed by atoms with van der Waals surface area (Å²) in [6.07, 6.45) is 1.04. The van der Waals surface area contributed by atoms with E-state index in [1.807, 2.05) is 30.3 Å². The second kappa shape index (κ2) is 9.91. The Labute approximate surface area is 169 Å². The number of anilines is 1. The Kier molecular flexibility index (Phi) is 7.90. The van der Waals surface area contributed by atoms with Crippen molar-refractivity contribution in [2.24, 2.45) is 4.99 Å². The highest BCUT2D eigenvalue weighted by molar-refractivity contribution is 14.0. The molecule has 6 heteroatoms. The van der Waals surface area contributed by atoms with Gasteiger partial charge < -0.3 is 10.2 Å². The number of para-hydroxylation sites is 1. The number of hydrogen-bond acceptors (Lipinski definition) is 2. The Morgan fingerprint density at radius 1 is 1.16 bits per heavy atom. The molecule has 4 nitrogen and oxygen atoms in total. The van der Waals surface area contributed by atoms with Gasteiger partial charge in [0.25, 0.3) is 0 Å². The summed E-state index contributed by atoms with van der Waals surface area (Å²) in [7, 11) is 0.924. The SMILES string of the molecule is CN=C(NCCS(=O)Cc1ccccc1)N1CCc2ccccc21.I. The maximum absolute atomic E-state index is 12.2. The first kappa shape index (κ1) is 19.9. The Bertz CT molecular complexity index is 736. The van der Waals surface area contributed by atoms with Crippen LogP contribution in [-0.2, 0) is 23.0 Å². The molecule has 134 valence electrons. The minimum Gasteiger partial charge on any atom is -0.355 e. The Morgan fingerprint density at radius 2 is 1.88 bits per heavy atom. The van der Waals surface area contributed by atoms with Gasteiger partial charge in [0.05, 0.1) is 0 Å². The lowest BCUT2D eigenvalue weighted by Gasteiger charge is -2.22. The molecule has 1 aliphatic rings. The lowest BCUT2D eigenvalue weighted by Crippen LogP contribution is -2.42. The first-order valence-electron chi connectivity index (χ1n) is 8.23. The minimum absolute atomic E-state index is 0. The zero-order valence-electron chi connectivity index (χ0n) is 14.4. The van der Waals surface area contributed by atoms with Crippen molar-refractivity contribution in [3.05, 3.63) is 65.7 Å². The molecular weight excluding hydrogens is 445 g/mol. The molecule has 0 saturated heterocycles. The maximum atomic E-state index is 12.2. The lowest BCUT2D eigenvalue weighted by atomic mass is 10.2. The van der Waals surface area contributed by atoms with E-state index in [1.54, 1.807) is 7.05 Å². The summed E-state index contributed by atoms with van der Waals surface area (Å²) >= 11 is 0. The predicted octanol–water partition coefficient (Wildman–Crippen LogP) is 3.19. The Balaban J connectivity index is 0.00000225. The summed E-state index contributed by atoms with van der Waals surface area (Å²) in [6.45, 7) is 1.59. The van der Waals surface area contributed by atoms with Crippen LogP contribution in [0.15, 0.2) is 59.6 Å². The lowest BCUT2D eigenvalue weighted by molar-refractivity contribution is 0.681. The molecule has 0 aliphatic carbocycles. The topological polar surface area (TPSA) is 44.7 Å². The first-order valence-corrected chi connectivity index (χ1v) is 9.72. The number of nitrogens with one attached hydrogen (secondary N) is 1. The Morgan fingerprint density at radius 3 is 2.64 bits per heavy atom. The molecule has 1 heterocycles. The van der Waals surface area contributed by atoms with Crippen LogP contribution in [0, 0.1) is 0 Å². The summed E-state index contributed by atoms with van der Waals surface area (Å²) in [6, 6.07) is 18.4. The molecule has 25 heavy (non-hydrogen) atoms. The van der Waals surface area contributed by atoms with Crippen LogP contribution in [0.25, 0.3) is 0 Å². The number of fused-ring (bicyclic) bond motifs is 1. The molecule has 1 atom stereocenters. The molecule has 0 aromatic heterocycles. The first-order chi connectivity index (χ1) is 11.8. The number of guanidine groups is 1. The van der Waals surface area contributed by atoms with E-state index in [0.29, 0.717) is 18.1 Å². The standard InChI is InChI=1S/C19H23N3OS.HI/c1-20-19(22-13-11-17-9-5-6-10-18(17)22)21-12-14-24(23)15-16-7-3-2-4-8-16;/h2-10H,11-15H2,1H3,(H,20,21);1H. The van der Waals surface area contributed by atoms with Crippen molar-refractivity contribution < 1.29 is 4.21 Å². The third kappa shape index (κ3) is 5.28. The zero-order chi connectivity index (χ0) is 16.8. The van der Waals surface area contributed by atoms with Crippen molar-refractivity contribution in [3.63, 3.8) is 0 Å². The average molecular weight is 469 g/mol. The van der Waals surface area contributed by atoms with Gasteiger partial charge in [-0.15, -0.1) is 24.0 Å². The highest BCUT2D eigenvalue weighted by atomic mass is 127. The quantitative estimate of drug-likeness (QED) is 0.416. The molecule has 0 saturated carbocycles. The van der Waals surface area contributed by atoms with Crippen molar-refractivity contribution in [1.82, 2.24) is 5.32 Å². The van der Waals surface area contributed by atoms with E-state index >= 15 is 0 Å². The third-order valence-corrected chi connectivity index (χ3v) is 5.45. The van der Waals surface area contributed by atoms with Crippen LogP contribution in [0.3, 0.4) is 0 Å². The normalized spacial score (nSPS) is 14.6. The van der Waals surface area contributed by atoms with Crippen LogP contribution in [-0.4, -0.2) is 36.1 Å². The van der Waals surface area contributed by atoms with Gasteiger partial charge >= 0.3 is 0 Å². The van der Waals surface area contributed by atoms with Gasteiger partial charge in [0.2, 0.25) is 0 Å². The summed E-state index contributed by atoms with van der Waals surface area (Å²) in [4.78, 5) is 6.59. The monoisotopic (exact) mass is 469 g/mol. The van der Waals surface area contributed by atoms with Gasteiger partial charge in [-0.25, -0.2) is 0 Å². The number of hydrogen-bond donors (Lipinski definition) is 1. The summed E-state index contributed by atoms with van der Waals surface area (Å²) in [5.41, 5.74) is 3.69. The molecule has 0 amide bonds. The van der Waals surface area contributed by atoms with Crippen LogP contribution in [0.2, 0.25) is 0 Å². The molecular formula is C19H24IN3OS. The van der Waals surface area contributed by atoms with E-state index in [-0.39, 0.29) is 24.0 Å². The largest absolute Gasteiger partial charge is 0.355 e. The molecule has 0 spiro atoms. The van der Waals surface area contributed by atoms with Crippen LogP contribution in [0.5, 0.6) is 0 Å². The molecule has 0 radical (unpaired) electrons. The van der Waals surface area contributed by atoms with Crippen LogP contribution >= 0.6 is 24.0 Å².